The Morgan fingerprint density at radius 2 is 0.643 bits per heavy atom. The van der Waals surface area contributed by atoms with Gasteiger partial charge < -0.3 is 10.2 Å². The number of unbranched alkanes of at least 4 members (excludes halogenated alkanes) is 17. The summed E-state index contributed by atoms with van der Waals surface area (Å²) in [5.41, 5.74) is 0. The topological polar surface area (TPSA) is 122 Å². The zero-order chi connectivity index (χ0) is 21.3. The van der Waals surface area contributed by atoms with Gasteiger partial charge in [0.05, 0.1) is 12.1 Å². The molecule has 0 rings (SSSR count). The van der Waals surface area contributed by atoms with Crippen LogP contribution in [0.25, 0.3) is 0 Å². The van der Waals surface area contributed by atoms with Gasteiger partial charge in [-0.3, -0.25) is 0 Å². The molecule has 0 spiro atoms. The summed E-state index contributed by atoms with van der Waals surface area (Å²) in [6.45, 7) is 0. The second kappa shape index (κ2) is 24.9. The Kier molecular flexibility index (Phi) is 25.0. The highest BCUT2D eigenvalue weighted by Crippen LogP contribution is 2.14. The van der Waals surface area contributed by atoms with Gasteiger partial charge in [-0.15, -0.1) is 0 Å². The molecule has 0 saturated carbocycles. The Bertz CT molecular complexity index is 410. The van der Waals surface area contributed by atoms with Gasteiger partial charge in [-0.2, -0.15) is 10.5 Å². The van der Waals surface area contributed by atoms with E-state index in [4.69, 9.17) is 30.3 Å². The summed E-state index contributed by atoms with van der Waals surface area (Å²) in [6, 6.07) is 4.42. The van der Waals surface area contributed by atoms with E-state index >= 15 is 0 Å². The van der Waals surface area contributed by atoms with Gasteiger partial charge in [0.1, 0.15) is 0 Å². The molecule has 160 valence electrons. The van der Waals surface area contributed by atoms with Gasteiger partial charge in [-0.25, -0.2) is 9.59 Å². The van der Waals surface area contributed by atoms with Gasteiger partial charge in [0.2, 0.25) is 0 Å². The van der Waals surface area contributed by atoms with E-state index in [1.807, 2.05) is 0 Å². The fraction of sp³-hybridized carbons (Fsp3) is 0.818. The molecule has 0 aromatic heterocycles. The molecule has 0 aliphatic heterocycles. The molecule has 0 heterocycles. The summed E-state index contributed by atoms with van der Waals surface area (Å²) < 4.78 is 0. The van der Waals surface area contributed by atoms with E-state index in [-0.39, 0.29) is 0 Å². The van der Waals surface area contributed by atoms with E-state index in [1.54, 1.807) is 0 Å². The molecule has 0 radical (unpaired) electrons. The van der Waals surface area contributed by atoms with Gasteiger partial charge in [-0.1, -0.05) is 89.9 Å². The lowest BCUT2D eigenvalue weighted by molar-refractivity contribution is -0.159. The van der Waals surface area contributed by atoms with Gasteiger partial charge in [-0.05, 0) is 12.8 Å². The number of nitrogens with zero attached hydrogens (tertiary/aromatic N) is 2. The van der Waals surface area contributed by atoms with E-state index in [9.17, 15) is 0 Å². The van der Waals surface area contributed by atoms with Crippen LogP contribution in [0.15, 0.2) is 0 Å². The lowest BCUT2D eigenvalue weighted by Crippen LogP contribution is -2.09. The minimum absolute atomic E-state index is 0.736. The lowest BCUT2D eigenvalue weighted by atomic mass is 10.0. The van der Waals surface area contributed by atoms with Crippen LogP contribution in [-0.2, 0) is 9.59 Å². The van der Waals surface area contributed by atoms with Crippen molar-refractivity contribution in [1.29, 1.82) is 10.5 Å². The van der Waals surface area contributed by atoms with Crippen LogP contribution in [0.1, 0.15) is 116 Å². The van der Waals surface area contributed by atoms with Crippen molar-refractivity contribution in [2.75, 3.05) is 0 Å². The first-order chi connectivity index (χ1) is 13.6. The van der Waals surface area contributed by atoms with Crippen molar-refractivity contribution in [2.24, 2.45) is 0 Å². The third kappa shape index (κ3) is 28.7. The molecular formula is C22H38N2O4. The molecule has 0 atom stereocenters. The highest BCUT2D eigenvalue weighted by Gasteiger charge is 2.04. The minimum atomic E-state index is -1.82. The van der Waals surface area contributed by atoms with Gasteiger partial charge >= 0.3 is 11.9 Å². The normalized spacial score (nSPS) is 9.64. The summed E-state index contributed by atoms with van der Waals surface area (Å²) in [7, 11) is 0. The largest absolute Gasteiger partial charge is 0.473 e. The molecule has 0 aliphatic carbocycles. The van der Waals surface area contributed by atoms with E-state index in [2.05, 4.69) is 12.1 Å². The fourth-order valence-electron chi connectivity index (χ4n) is 2.88. The van der Waals surface area contributed by atoms with Crippen LogP contribution in [0.5, 0.6) is 0 Å². The van der Waals surface area contributed by atoms with Crippen molar-refractivity contribution in [3.8, 4) is 12.1 Å². The number of carboxylic acids is 2. The average Bonchev–Trinajstić information content (AvgIpc) is 2.67. The Balaban J connectivity index is 0. The van der Waals surface area contributed by atoms with Gasteiger partial charge in [0.15, 0.2) is 0 Å². The zero-order valence-corrected chi connectivity index (χ0v) is 17.3. The molecule has 0 aromatic rings. The SMILES string of the molecule is N#CCCCCCCCCCCCCCCCCCCC#N.O=C(O)C(=O)O. The van der Waals surface area contributed by atoms with Crippen LogP contribution < -0.4 is 0 Å². The summed E-state index contributed by atoms with van der Waals surface area (Å²) in [6.07, 6.45) is 22.7. The highest BCUT2D eigenvalue weighted by atomic mass is 16.4. The van der Waals surface area contributed by atoms with Gasteiger partial charge in [0, 0.05) is 12.8 Å². The molecule has 0 saturated heterocycles. The number of hydrogen-bond acceptors (Lipinski definition) is 4. The van der Waals surface area contributed by atoms with Crippen molar-refractivity contribution in [3.63, 3.8) is 0 Å². The Labute approximate surface area is 170 Å². The van der Waals surface area contributed by atoms with Crippen molar-refractivity contribution in [1.82, 2.24) is 0 Å². The summed E-state index contributed by atoms with van der Waals surface area (Å²) in [4.78, 5) is 18.2. The first-order valence-corrected chi connectivity index (χ1v) is 10.8. The second-order valence-electron chi connectivity index (χ2n) is 7.08. The Hall–Kier alpha value is -2.08. The first-order valence-electron chi connectivity index (χ1n) is 10.8. The van der Waals surface area contributed by atoms with Crippen molar-refractivity contribution < 1.29 is 19.8 Å². The van der Waals surface area contributed by atoms with Crippen molar-refractivity contribution in [3.05, 3.63) is 0 Å². The average molecular weight is 395 g/mol. The Morgan fingerprint density at radius 1 is 0.464 bits per heavy atom. The third-order valence-corrected chi connectivity index (χ3v) is 4.51. The molecule has 0 unspecified atom stereocenters. The maximum atomic E-state index is 9.10. The molecule has 2 N–H and O–H groups in total. The van der Waals surface area contributed by atoms with Gasteiger partial charge in [0.25, 0.3) is 0 Å². The van der Waals surface area contributed by atoms with Crippen molar-refractivity contribution >= 4 is 11.9 Å². The molecule has 0 amide bonds. The fourth-order valence-corrected chi connectivity index (χ4v) is 2.88. The number of rotatable bonds is 17. The quantitative estimate of drug-likeness (QED) is 0.223. The number of nitriles is 2. The number of hydrogen-bond donors (Lipinski definition) is 2. The molecule has 0 bridgehead atoms. The standard InChI is InChI=1S/C20H36N2.C2H2O4/c21-19-17-15-13-11-9-7-5-3-1-2-4-6-8-10-12-14-16-18-20-22;3-1(4)2(5)6/h1-18H2;(H,3,4)(H,5,6). The van der Waals surface area contributed by atoms with E-state index in [0.717, 1.165) is 25.7 Å². The number of carbonyl (C=O) groups is 2. The maximum Gasteiger partial charge on any atom is 0.414 e. The summed E-state index contributed by atoms with van der Waals surface area (Å²) in [5.74, 6) is -3.65. The molecule has 0 fully saturated rings. The molecular weight excluding hydrogens is 356 g/mol. The number of carboxylic acid groups (broad SMARTS) is 2. The van der Waals surface area contributed by atoms with Crippen LogP contribution in [0.3, 0.4) is 0 Å². The predicted octanol–water partition coefficient (Wildman–Crippen LogP) is 6.21. The van der Waals surface area contributed by atoms with Crippen molar-refractivity contribution in [2.45, 2.75) is 116 Å². The van der Waals surface area contributed by atoms with Crippen LogP contribution in [-0.4, -0.2) is 22.2 Å². The molecule has 0 aromatic carbocycles. The smallest absolute Gasteiger partial charge is 0.414 e. The van der Waals surface area contributed by atoms with Crippen LogP contribution in [0.4, 0.5) is 0 Å². The molecule has 0 aliphatic rings. The first kappa shape index (κ1) is 28.1. The highest BCUT2D eigenvalue weighted by molar-refractivity contribution is 6.27. The van der Waals surface area contributed by atoms with E-state index in [0.29, 0.717) is 0 Å². The minimum Gasteiger partial charge on any atom is -0.473 e. The second-order valence-corrected chi connectivity index (χ2v) is 7.08. The monoisotopic (exact) mass is 394 g/mol. The molecule has 28 heavy (non-hydrogen) atoms. The van der Waals surface area contributed by atoms with Crippen LogP contribution in [0, 0.1) is 22.7 Å². The molecule has 6 nitrogen and oxygen atoms in total. The molecule has 6 heteroatoms. The lowest BCUT2D eigenvalue weighted by Gasteiger charge is -2.03. The third-order valence-electron chi connectivity index (χ3n) is 4.51. The Morgan fingerprint density at radius 3 is 0.786 bits per heavy atom. The summed E-state index contributed by atoms with van der Waals surface area (Å²) in [5, 5.41) is 31.7. The zero-order valence-electron chi connectivity index (χ0n) is 17.3. The van der Waals surface area contributed by atoms with Crippen LogP contribution in [0.2, 0.25) is 0 Å². The number of aliphatic carboxylic acids is 2. The predicted molar refractivity (Wildman–Crippen MR) is 110 cm³/mol. The van der Waals surface area contributed by atoms with Crippen LogP contribution >= 0.6 is 0 Å². The van der Waals surface area contributed by atoms with E-state index in [1.165, 1.54) is 89.9 Å². The van der Waals surface area contributed by atoms with E-state index < -0.39 is 11.9 Å². The summed E-state index contributed by atoms with van der Waals surface area (Å²) >= 11 is 0. The maximum absolute atomic E-state index is 9.10.